The molecule has 68 valence electrons. The van der Waals surface area contributed by atoms with Gasteiger partial charge in [-0.1, -0.05) is 0 Å². The van der Waals surface area contributed by atoms with Crippen molar-refractivity contribution < 1.29 is 4.79 Å². The van der Waals surface area contributed by atoms with Crippen molar-refractivity contribution in [1.82, 2.24) is 9.78 Å². The van der Waals surface area contributed by atoms with Gasteiger partial charge in [0, 0.05) is 6.20 Å². The predicted molar refractivity (Wildman–Crippen MR) is 45.5 cm³/mol. The van der Waals surface area contributed by atoms with Crippen LogP contribution in [-0.4, -0.2) is 15.7 Å². The maximum atomic E-state index is 10.7. The molecule has 5 heteroatoms. The van der Waals surface area contributed by atoms with Gasteiger partial charge < -0.3 is 5.73 Å². The number of nitrogens with two attached hydrogens (primary N) is 1. The molecule has 1 aromatic rings. The molecule has 0 bridgehead atoms. The molecule has 1 unspecified atom stereocenters. The molecule has 13 heavy (non-hydrogen) atoms. The van der Waals surface area contributed by atoms with E-state index in [0.717, 1.165) is 0 Å². The van der Waals surface area contributed by atoms with Gasteiger partial charge in [0.15, 0.2) is 0 Å². The second-order valence-corrected chi connectivity index (χ2v) is 2.85. The molecule has 5 nitrogen and oxygen atoms in total. The Morgan fingerprint density at radius 2 is 2.62 bits per heavy atom. The summed E-state index contributed by atoms with van der Waals surface area (Å²) in [6.07, 6.45) is 2.93. The van der Waals surface area contributed by atoms with Crippen LogP contribution in [0.1, 0.15) is 17.3 Å². The first-order valence-corrected chi connectivity index (χ1v) is 3.85. The average Bonchev–Trinajstić information content (AvgIpc) is 2.52. The third-order valence-corrected chi connectivity index (χ3v) is 1.60. The summed E-state index contributed by atoms with van der Waals surface area (Å²) >= 11 is 0. The smallest absolute Gasteiger partial charge is 0.251 e. The Morgan fingerprint density at radius 3 is 3.08 bits per heavy atom. The third-order valence-electron chi connectivity index (χ3n) is 1.60. The van der Waals surface area contributed by atoms with E-state index in [1.807, 2.05) is 0 Å². The molecular formula is C8H10N4O. The summed E-state index contributed by atoms with van der Waals surface area (Å²) in [4.78, 5) is 10.7. The molecule has 1 aromatic heterocycles. The van der Waals surface area contributed by atoms with Crippen molar-refractivity contribution in [3.8, 4) is 6.07 Å². The Bertz CT molecular complexity index is 349. The Balaban J connectivity index is 2.70. The monoisotopic (exact) mass is 178 g/mol. The zero-order valence-corrected chi connectivity index (χ0v) is 7.27. The molecule has 0 radical (unpaired) electrons. The molecule has 0 spiro atoms. The fraction of sp³-hybridized carbons (Fsp3) is 0.375. The number of amides is 1. The van der Waals surface area contributed by atoms with Crippen LogP contribution >= 0.6 is 0 Å². The van der Waals surface area contributed by atoms with Gasteiger partial charge in [0.1, 0.15) is 0 Å². The zero-order chi connectivity index (χ0) is 9.84. The summed E-state index contributed by atoms with van der Waals surface area (Å²) in [7, 11) is 0. The van der Waals surface area contributed by atoms with Crippen molar-refractivity contribution in [2.24, 2.45) is 11.7 Å². The zero-order valence-electron chi connectivity index (χ0n) is 7.27. The lowest BCUT2D eigenvalue weighted by molar-refractivity contribution is 0.1000. The van der Waals surface area contributed by atoms with Gasteiger partial charge in [-0.15, -0.1) is 0 Å². The SMILES string of the molecule is CC(C#N)Cn1cc(C(N)=O)cn1. The van der Waals surface area contributed by atoms with Crippen LogP contribution in [0.5, 0.6) is 0 Å². The van der Waals surface area contributed by atoms with Crippen LogP contribution in [0, 0.1) is 17.2 Å². The standard InChI is InChI=1S/C8H10N4O/c1-6(2-9)4-12-5-7(3-11-12)8(10)13/h3,5-6H,4H2,1H3,(H2,10,13). The van der Waals surface area contributed by atoms with E-state index in [0.29, 0.717) is 12.1 Å². The van der Waals surface area contributed by atoms with Crippen LogP contribution in [0.3, 0.4) is 0 Å². The van der Waals surface area contributed by atoms with Crippen molar-refractivity contribution in [1.29, 1.82) is 5.26 Å². The Labute approximate surface area is 75.8 Å². The molecule has 0 aliphatic carbocycles. The van der Waals surface area contributed by atoms with E-state index < -0.39 is 5.91 Å². The van der Waals surface area contributed by atoms with Crippen molar-refractivity contribution in [3.63, 3.8) is 0 Å². The van der Waals surface area contributed by atoms with Crippen LogP contribution in [0.15, 0.2) is 12.4 Å². The van der Waals surface area contributed by atoms with Crippen LogP contribution in [0.2, 0.25) is 0 Å². The van der Waals surface area contributed by atoms with Crippen molar-refractivity contribution >= 4 is 5.91 Å². The average molecular weight is 178 g/mol. The Morgan fingerprint density at radius 1 is 1.92 bits per heavy atom. The van der Waals surface area contributed by atoms with E-state index in [-0.39, 0.29) is 5.92 Å². The molecule has 0 fully saturated rings. The molecule has 2 N–H and O–H groups in total. The number of hydrogen-bond acceptors (Lipinski definition) is 3. The molecular weight excluding hydrogens is 168 g/mol. The quantitative estimate of drug-likeness (QED) is 0.714. The van der Waals surface area contributed by atoms with Gasteiger partial charge in [-0.2, -0.15) is 10.4 Å². The normalized spacial score (nSPS) is 12.0. The van der Waals surface area contributed by atoms with Crippen LogP contribution in [-0.2, 0) is 6.54 Å². The van der Waals surface area contributed by atoms with E-state index >= 15 is 0 Å². The second-order valence-electron chi connectivity index (χ2n) is 2.85. The molecule has 1 atom stereocenters. The molecule has 0 aliphatic heterocycles. The van der Waals surface area contributed by atoms with E-state index in [1.165, 1.54) is 17.1 Å². The molecule has 0 saturated heterocycles. The molecule has 1 amide bonds. The summed E-state index contributed by atoms with van der Waals surface area (Å²) in [6, 6.07) is 2.07. The molecule has 0 aliphatic rings. The summed E-state index contributed by atoms with van der Waals surface area (Å²) in [5.74, 6) is -0.628. The molecule has 0 saturated carbocycles. The lowest BCUT2D eigenvalue weighted by Crippen LogP contribution is -2.10. The van der Waals surface area contributed by atoms with Crippen LogP contribution in [0.25, 0.3) is 0 Å². The van der Waals surface area contributed by atoms with Gasteiger partial charge in [0.25, 0.3) is 5.91 Å². The fourth-order valence-electron chi connectivity index (χ4n) is 0.912. The van der Waals surface area contributed by atoms with Gasteiger partial charge in [0.05, 0.1) is 30.3 Å². The van der Waals surface area contributed by atoms with Crippen LogP contribution < -0.4 is 5.73 Å². The number of hydrogen-bond donors (Lipinski definition) is 1. The van der Waals surface area contributed by atoms with E-state index in [9.17, 15) is 4.79 Å². The minimum absolute atomic E-state index is 0.124. The highest BCUT2D eigenvalue weighted by molar-refractivity contribution is 5.92. The summed E-state index contributed by atoms with van der Waals surface area (Å²) in [5.41, 5.74) is 5.40. The van der Waals surface area contributed by atoms with Gasteiger partial charge in [0.2, 0.25) is 0 Å². The number of rotatable bonds is 3. The first-order chi connectivity index (χ1) is 6.13. The Kier molecular flexibility index (Phi) is 2.65. The summed E-state index contributed by atoms with van der Waals surface area (Å²) in [5, 5.41) is 12.4. The molecule has 1 heterocycles. The predicted octanol–water partition coefficient (Wildman–Crippen LogP) is 0.142. The minimum atomic E-state index is -0.504. The van der Waals surface area contributed by atoms with Gasteiger partial charge >= 0.3 is 0 Å². The fourth-order valence-corrected chi connectivity index (χ4v) is 0.912. The van der Waals surface area contributed by atoms with Crippen molar-refractivity contribution in [2.75, 3.05) is 0 Å². The second kappa shape index (κ2) is 3.72. The van der Waals surface area contributed by atoms with E-state index in [2.05, 4.69) is 11.2 Å². The number of aromatic nitrogens is 2. The van der Waals surface area contributed by atoms with Gasteiger partial charge in [-0.3, -0.25) is 9.48 Å². The first kappa shape index (κ1) is 9.26. The number of carbonyl (C=O) groups excluding carboxylic acids is 1. The number of nitriles is 1. The number of nitrogens with zero attached hydrogens (tertiary/aromatic N) is 3. The molecule has 1 rings (SSSR count). The van der Waals surface area contributed by atoms with Gasteiger partial charge in [-0.25, -0.2) is 0 Å². The van der Waals surface area contributed by atoms with Gasteiger partial charge in [-0.05, 0) is 6.92 Å². The summed E-state index contributed by atoms with van der Waals surface area (Å²) in [6.45, 7) is 2.26. The van der Waals surface area contributed by atoms with Crippen molar-refractivity contribution in [2.45, 2.75) is 13.5 Å². The largest absolute Gasteiger partial charge is 0.366 e. The highest BCUT2D eigenvalue weighted by Crippen LogP contribution is 2.00. The number of carbonyl (C=O) groups is 1. The molecule has 0 aromatic carbocycles. The topological polar surface area (TPSA) is 84.7 Å². The van der Waals surface area contributed by atoms with Crippen LogP contribution in [0.4, 0.5) is 0 Å². The number of primary amides is 1. The van der Waals surface area contributed by atoms with E-state index in [4.69, 9.17) is 11.0 Å². The maximum Gasteiger partial charge on any atom is 0.251 e. The lowest BCUT2D eigenvalue weighted by atomic mass is 10.2. The minimum Gasteiger partial charge on any atom is -0.366 e. The maximum absolute atomic E-state index is 10.7. The third kappa shape index (κ3) is 2.30. The highest BCUT2D eigenvalue weighted by Gasteiger charge is 2.06. The van der Waals surface area contributed by atoms with E-state index in [1.54, 1.807) is 6.92 Å². The van der Waals surface area contributed by atoms with Crippen molar-refractivity contribution in [3.05, 3.63) is 18.0 Å². The first-order valence-electron chi connectivity index (χ1n) is 3.85. The lowest BCUT2D eigenvalue weighted by Gasteiger charge is -2.00. The highest BCUT2D eigenvalue weighted by atomic mass is 16.1. The summed E-state index contributed by atoms with van der Waals surface area (Å²) < 4.78 is 1.54. The Hall–Kier alpha value is -1.83.